The summed E-state index contributed by atoms with van der Waals surface area (Å²) in [7, 11) is 1.71. The predicted molar refractivity (Wildman–Crippen MR) is 129 cm³/mol. The Morgan fingerprint density at radius 1 is 1.17 bits per heavy atom. The quantitative estimate of drug-likeness (QED) is 0.316. The third kappa shape index (κ3) is 8.30. The summed E-state index contributed by atoms with van der Waals surface area (Å²) in [6.07, 6.45) is 5.09. The average molecular weight is 516 g/mol. The zero-order valence-electron chi connectivity index (χ0n) is 17.9. The van der Waals surface area contributed by atoms with Crippen LogP contribution in [-0.2, 0) is 11.3 Å². The van der Waals surface area contributed by atoms with Crippen molar-refractivity contribution in [1.82, 2.24) is 15.5 Å². The van der Waals surface area contributed by atoms with Gasteiger partial charge < -0.3 is 20.1 Å². The summed E-state index contributed by atoms with van der Waals surface area (Å²) in [5.74, 6) is 2.52. The van der Waals surface area contributed by atoms with Gasteiger partial charge >= 0.3 is 0 Å². The van der Waals surface area contributed by atoms with Gasteiger partial charge in [-0.3, -0.25) is 9.89 Å². The van der Waals surface area contributed by atoms with Crippen molar-refractivity contribution in [2.45, 2.75) is 45.3 Å². The fraction of sp³-hybridized carbons (Fsp3) is 0.682. The van der Waals surface area contributed by atoms with Crippen LogP contribution >= 0.6 is 24.0 Å². The first-order valence-electron chi connectivity index (χ1n) is 10.8. The van der Waals surface area contributed by atoms with Crippen molar-refractivity contribution in [3.05, 3.63) is 29.8 Å². The van der Waals surface area contributed by atoms with Gasteiger partial charge in [0.15, 0.2) is 5.96 Å². The van der Waals surface area contributed by atoms with Crippen LogP contribution in [0.3, 0.4) is 0 Å². The number of aliphatic imine (C=N–C) groups is 1. The second-order valence-corrected chi connectivity index (χ2v) is 7.80. The van der Waals surface area contributed by atoms with Crippen molar-refractivity contribution in [3.63, 3.8) is 0 Å². The zero-order valence-corrected chi connectivity index (χ0v) is 20.2. The highest BCUT2D eigenvalue weighted by Gasteiger charge is 2.20. The van der Waals surface area contributed by atoms with Gasteiger partial charge in [0.1, 0.15) is 5.75 Å². The van der Waals surface area contributed by atoms with E-state index in [9.17, 15) is 0 Å². The predicted octanol–water partition coefficient (Wildman–Crippen LogP) is 3.26. The van der Waals surface area contributed by atoms with E-state index in [1.165, 1.54) is 24.8 Å². The van der Waals surface area contributed by atoms with Gasteiger partial charge in [-0.1, -0.05) is 12.1 Å². The Morgan fingerprint density at radius 3 is 2.55 bits per heavy atom. The molecule has 0 saturated carbocycles. The van der Waals surface area contributed by atoms with Crippen LogP contribution < -0.4 is 15.4 Å². The minimum Gasteiger partial charge on any atom is -0.497 e. The molecule has 2 N–H and O–H groups in total. The Balaban J connectivity index is 0.00000300. The summed E-state index contributed by atoms with van der Waals surface area (Å²) in [5, 5.41) is 6.81. The molecule has 2 heterocycles. The maximum atomic E-state index is 5.69. The van der Waals surface area contributed by atoms with E-state index in [1.54, 1.807) is 7.11 Å². The molecule has 2 fully saturated rings. The summed E-state index contributed by atoms with van der Waals surface area (Å²) in [5.41, 5.74) is 1.35. The topological polar surface area (TPSA) is 58.1 Å². The molecule has 0 aromatic heterocycles. The molecule has 1 aromatic rings. The molecular weight excluding hydrogens is 479 g/mol. The van der Waals surface area contributed by atoms with E-state index in [1.807, 2.05) is 12.1 Å². The number of guanidine groups is 1. The number of hydrogen-bond donors (Lipinski definition) is 2. The van der Waals surface area contributed by atoms with Gasteiger partial charge in [-0.05, 0) is 69.3 Å². The highest BCUT2D eigenvalue weighted by atomic mass is 127. The number of hydrogen-bond acceptors (Lipinski definition) is 4. The number of ether oxygens (including phenoxy) is 2. The molecule has 6 nitrogen and oxygen atoms in total. The summed E-state index contributed by atoms with van der Waals surface area (Å²) in [6, 6.07) is 8.42. The summed E-state index contributed by atoms with van der Waals surface area (Å²) < 4.78 is 10.9. The lowest BCUT2D eigenvalue weighted by molar-refractivity contribution is 0.113. The molecule has 2 aliphatic rings. The fourth-order valence-electron chi connectivity index (χ4n) is 3.89. The van der Waals surface area contributed by atoms with Gasteiger partial charge in [0.25, 0.3) is 0 Å². The molecule has 0 amide bonds. The summed E-state index contributed by atoms with van der Waals surface area (Å²) in [6.45, 7) is 8.96. The average Bonchev–Trinajstić information content (AvgIpc) is 3.25. The first kappa shape index (κ1) is 24.2. The molecule has 0 spiro atoms. The Labute approximate surface area is 192 Å². The first-order valence-corrected chi connectivity index (χ1v) is 10.8. The number of likely N-dealkylation sites (tertiary alicyclic amines) is 1. The molecule has 3 rings (SSSR count). The van der Waals surface area contributed by atoms with Crippen LogP contribution in [0.4, 0.5) is 0 Å². The molecule has 1 atom stereocenters. The van der Waals surface area contributed by atoms with E-state index in [4.69, 9.17) is 14.5 Å². The molecule has 2 saturated heterocycles. The van der Waals surface area contributed by atoms with E-state index in [0.29, 0.717) is 12.0 Å². The molecule has 2 aliphatic heterocycles. The molecule has 0 radical (unpaired) electrons. The highest BCUT2D eigenvalue weighted by Crippen LogP contribution is 2.20. The number of rotatable bonds is 8. The molecule has 7 heteroatoms. The summed E-state index contributed by atoms with van der Waals surface area (Å²) in [4.78, 5) is 7.38. The minimum atomic E-state index is 0. The van der Waals surface area contributed by atoms with Gasteiger partial charge in [-0.25, -0.2) is 0 Å². The van der Waals surface area contributed by atoms with Crippen LogP contribution in [0, 0.1) is 5.92 Å². The van der Waals surface area contributed by atoms with Crippen LogP contribution in [0.2, 0.25) is 0 Å². The lowest BCUT2D eigenvalue weighted by Crippen LogP contribution is -2.41. The van der Waals surface area contributed by atoms with Gasteiger partial charge in [-0.2, -0.15) is 0 Å². The SMILES string of the molecule is CCNC(=NCC1CCN(Cc2ccc(OC)cc2)CC1)NCC1CCCO1.I. The van der Waals surface area contributed by atoms with Crippen LogP contribution in [0.1, 0.15) is 38.2 Å². The molecule has 1 aromatic carbocycles. The normalized spacial score (nSPS) is 20.9. The third-order valence-electron chi connectivity index (χ3n) is 5.65. The van der Waals surface area contributed by atoms with Gasteiger partial charge in [0.2, 0.25) is 0 Å². The van der Waals surface area contributed by atoms with E-state index < -0.39 is 0 Å². The molecule has 0 bridgehead atoms. The smallest absolute Gasteiger partial charge is 0.191 e. The number of methoxy groups -OCH3 is 1. The van der Waals surface area contributed by atoms with Crippen LogP contribution in [0.25, 0.3) is 0 Å². The van der Waals surface area contributed by atoms with Crippen molar-refractivity contribution in [3.8, 4) is 5.75 Å². The number of nitrogens with zero attached hydrogens (tertiary/aromatic N) is 2. The molecule has 1 unspecified atom stereocenters. The van der Waals surface area contributed by atoms with Gasteiger partial charge in [-0.15, -0.1) is 24.0 Å². The highest BCUT2D eigenvalue weighted by molar-refractivity contribution is 14.0. The number of piperidine rings is 1. The number of benzene rings is 1. The van der Waals surface area contributed by atoms with Crippen molar-refractivity contribution >= 4 is 29.9 Å². The zero-order chi connectivity index (χ0) is 19.6. The lowest BCUT2D eigenvalue weighted by Gasteiger charge is -2.31. The third-order valence-corrected chi connectivity index (χ3v) is 5.65. The lowest BCUT2D eigenvalue weighted by atomic mass is 9.96. The van der Waals surface area contributed by atoms with E-state index in [0.717, 1.165) is 64.0 Å². The largest absolute Gasteiger partial charge is 0.497 e. The maximum absolute atomic E-state index is 5.69. The second kappa shape index (κ2) is 13.3. The van der Waals surface area contributed by atoms with Crippen molar-refractivity contribution in [2.24, 2.45) is 10.9 Å². The van der Waals surface area contributed by atoms with Gasteiger partial charge in [0, 0.05) is 32.8 Å². The van der Waals surface area contributed by atoms with Crippen molar-refractivity contribution < 1.29 is 9.47 Å². The van der Waals surface area contributed by atoms with Crippen LogP contribution in [-0.4, -0.2) is 63.4 Å². The van der Waals surface area contributed by atoms with Gasteiger partial charge in [0.05, 0.1) is 13.2 Å². The van der Waals surface area contributed by atoms with Crippen LogP contribution in [0.5, 0.6) is 5.75 Å². The first-order chi connectivity index (χ1) is 13.8. The van der Waals surface area contributed by atoms with E-state index in [-0.39, 0.29) is 24.0 Å². The Hall–Kier alpha value is -1.06. The monoisotopic (exact) mass is 516 g/mol. The van der Waals surface area contributed by atoms with Crippen molar-refractivity contribution in [2.75, 3.05) is 46.4 Å². The minimum absolute atomic E-state index is 0. The molecule has 29 heavy (non-hydrogen) atoms. The van der Waals surface area contributed by atoms with Crippen LogP contribution in [0.15, 0.2) is 29.3 Å². The summed E-state index contributed by atoms with van der Waals surface area (Å²) >= 11 is 0. The molecule has 0 aliphatic carbocycles. The van der Waals surface area contributed by atoms with Crippen molar-refractivity contribution in [1.29, 1.82) is 0 Å². The van der Waals surface area contributed by atoms with E-state index >= 15 is 0 Å². The fourth-order valence-corrected chi connectivity index (χ4v) is 3.89. The Bertz CT molecular complexity index is 597. The standard InChI is InChI=1S/C22H36N4O2.HI/c1-3-23-22(25-16-21-5-4-14-28-21)24-15-18-10-12-26(13-11-18)17-19-6-8-20(27-2)9-7-19;/h6-9,18,21H,3-5,10-17H2,1-2H3,(H2,23,24,25);1H. The number of halogens is 1. The number of nitrogens with one attached hydrogen (secondary N) is 2. The molecule has 164 valence electrons. The van der Waals surface area contributed by atoms with E-state index in [2.05, 4.69) is 34.6 Å². The second-order valence-electron chi connectivity index (χ2n) is 7.80. The Morgan fingerprint density at radius 2 is 1.93 bits per heavy atom. The Kier molecular flexibility index (Phi) is 11.1. The maximum Gasteiger partial charge on any atom is 0.191 e. The molecular formula is C22H37IN4O2.